The van der Waals surface area contributed by atoms with Crippen LogP contribution in [0.5, 0.6) is 0 Å². The van der Waals surface area contributed by atoms with E-state index in [0.717, 1.165) is 17.3 Å². The number of aryl methyl sites for hydroxylation is 3. The average Bonchev–Trinajstić information content (AvgIpc) is 2.51. The fourth-order valence-corrected chi connectivity index (χ4v) is 2.40. The second-order valence-electron chi connectivity index (χ2n) is 5.71. The molecule has 0 fully saturated rings. The van der Waals surface area contributed by atoms with Gasteiger partial charge in [0.1, 0.15) is 11.6 Å². The van der Waals surface area contributed by atoms with Crippen LogP contribution in [0.3, 0.4) is 0 Å². The smallest absolute Gasteiger partial charge is 0.230 e. The van der Waals surface area contributed by atoms with E-state index in [0.29, 0.717) is 12.4 Å². The lowest BCUT2D eigenvalue weighted by Gasteiger charge is -2.09. The summed E-state index contributed by atoms with van der Waals surface area (Å²) in [6.07, 6.45) is 0.700. The maximum absolute atomic E-state index is 4.54. The van der Waals surface area contributed by atoms with Gasteiger partial charge in [0.05, 0.1) is 0 Å². The van der Waals surface area contributed by atoms with Crippen LogP contribution in [0.15, 0.2) is 48.5 Å². The van der Waals surface area contributed by atoms with Crippen LogP contribution in [0.4, 0.5) is 11.6 Å². The lowest BCUT2D eigenvalue weighted by Crippen LogP contribution is -2.06. The maximum atomic E-state index is 4.54. The molecule has 0 bridgehead atoms. The van der Waals surface area contributed by atoms with E-state index in [1.807, 2.05) is 31.2 Å². The zero-order chi connectivity index (χ0) is 16.2. The molecule has 3 rings (SSSR count). The summed E-state index contributed by atoms with van der Waals surface area (Å²) in [4.78, 5) is 13.4. The van der Waals surface area contributed by atoms with Crippen molar-refractivity contribution in [3.63, 3.8) is 0 Å². The molecule has 23 heavy (non-hydrogen) atoms. The van der Waals surface area contributed by atoms with E-state index < -0.39 is 0 Å². The summed E-state index contributed by atoms with van der Waals surface area (Å²) in [5.41, 5.74) is 4.69. The van der Waals surface area contributed by atoms with Crippen LogP contribution in [-0.2, 0) is 6.42 Å². The molecule has 1 N–H and O–H groups in total. The van der Waals surface area contributed by atoms with E-state index in [9.17, 15) is 0 Å². The summed E-state index contributed by atoms with van der Waals surface area (Å²) in [7, 11) is 0. The van der Waals surface area contributed by atoms with Gasteiger partial charge in [0.15, 0.2) is 0 Å². The van der Waals surface area contributed by atoms with Gasteiger partial charge in [0.25, 0.3) is 0 Å². The summed E-state index contributed by atoms with van der Waals surface area (Å²) in [6, 6.07) is 16.5. The largest absolute Gasteiger partial charge is 0.324 e. The monoisotopic (exact) mass is 304 g/mol. The Morgan fingerprint density at radius 2 is 1.61 bits per heavy atom. The van der Waals surface area contributed by atoms with Crippen molar-refractivity contribution in [1.29, 1.82) is 0 Å². The highest BCUT2D eigenvalue weighted by Crippen LogP contribution is 2.18. The minimum atomic E-state index is 0.590. The standard InChI is InChI=1S/C19H20N4/c1-13-9-10-17(11-14(13)2)22-19-21-15(3)20-18(23-19)12-16-7-5-4-6-8-16/h4-11H,12H2,1-3H3,(H,20,21,22,23). The van der Waals surface area contributed by atoms with Crippen molar-refractivity contribution in [3.05, 3.63) is 76.9 Å². The molecule has 4 heteroatoms. The molecule has 0 aliphatic heterocycles. The van der Waals surface area contributed by atoms with Crippen LogP contribution in [0, 0.1) is 20.8 Å². The van der Waals surface area contributed by atoms with Gasteiger partial charge < -0.3 is 5.32 Å². The molecule has 1 heterocycles. The normalized spacial score (nSPS) is 10.6. The van der Waals surface area contributed by atoms with E-state index >= 15 is 0 Å². The molecule has 3 aromatic rings. The molecule has 0 aliphatic carbocycles. The van der Waals surface area contributed by atoms with Crippen LogP contribution in [0.1, 0.15) is 28.3 Å². The molecule has 1 aromatic heterocycles. The van der Waals surface area contributed by atoms with Crippen LogP contribution < -0.4 is 5.32 Å². The number of rotatable bonds is 4. The maximum Gasteiger partial charge on any atom is 0.230 e. The van der Waals surface area contributed by atoms with Gasteiger partial charge in [-0.25, -0.2) is 4.98 Å². The molecule has 0 amide bonds. The second-order valence-corrected chi connectivity index (χ2v) is 5.71. The van der Waals surface area contributed by atoms with Gasteiger partial charge in [-0.15, -0.1) is 0 Å². The van der Waals surface area contributed by atoms with Gasteiger partial charge in [-0.3, -0.25) is 0 Å². The summed E-state index contributed by atoms with van der Waals surface area (Å²) >= 11 is 0. The summed E-state index contributed by atoms with van der Waals surface area (Å²) < 4.78 is 0. The zero-order valence-corrected chi connectivity index (χ0v) is 13.7. The topological polar surface area (TPSA) is 50.7 Å². The number of nitrogens with one attached hydrogen (secondary N) is 1. The van der Waals surface area contributed by atoms with E-state index in [4.69, 9.17) is 0 Å². The van der Waals surface area contributed by atoms with Gasteiger partial charge in [-0.1, -0.05) is 36.4 Å². The van der Waals surface area contributed by atoms with Crippen molar-refractivity contribution in [2.24, 2.45) is 0 Å². The molecule has 0 saturated heterocycles. The molecular formula is C19H20N4. The SMILES string of the molecule is Cc1nc(Cc2ccccc2)nc(Nc2ccc(C)c(C)c2)n1. The zero-order valence-electron chi connectivity index (χ0n) is 13.7. The molecule has 0 saturated carbocycles. The minimum Gasteiger partial charge on any atom is -0.324 e. The first-order valence-corrected chi connectivity index (χ1v) is 7.70. The third-order valence-corrected chi connectivity index (χ3v) is 3.76. The highest BCUT2D eigenvalue weighted by atomic mass is 15.2. The summed E-state index contributed by atoms with van der Waals surface area (Å²) in [6.45, 7) is 6.09. The summed E-state index contributed by atoms with van der Waals surface area (Å²) in [5, 5.41) is 3.28. The van der Waals surface area contributed by atoms with Crippen LogP contribution in [-0.4, -0.2) is 15.0 Å². The Kier molecular flexibility index (Phi) is 4.33. The Bertz CT molecular complexity index is 813. The highest BCUT2D eigenvalue weighted by molar-refractivity contribution is 5.55. The van der Waals surface area contributed by atoms with Gasteiger partial charge in [-0.05, 0) is 49.6 Å². The lowest BCUT2D eigenvalue weighted by molar-refractivity contribution is 0.886. The van der Waals surface area contributed by atoms with Gasteiger partial charge in [-0.2, -0.15) is 9.97 Å². The lowest BCUT2D eigenvalue weighted by atomic mass is 10.1. The predicted molar refractivity (Wildman–Crippen MR) is 93.0 cm³/mol. The van der Waals surface area contributed by atoms with E-state index in [1.165, 1.54) is 16.7 Å². The van der Waals surface area contributed by atoms with E-state index in [-0.39, 0.29) is 0 Å². The quantitative estimate of drug-likeness (QED) is 0.787. The number of aromatic nitrogens is 3. The van der Waals surface area contributed by atoms with Crippen molar-refractivity contribution in [3.8, 4) is 0 Å². The van der Waals surface area contributed by atoms with Crippen molar-refractivity contribution in [1.82, 2.24) is 15.0 Å². The molecular weight excluding hydrogens is 284 g/mol. The number of hydrogen-bond acceptors (Lipinski definition) is 4. The molecule has 0 aliphatic rings. The Hall–Kier alpha value is -2.75. The van der Waals surface area contributed by atoms with E-state index in [1.54, 1.807) is 0 Å². The second kappa shape index (κ2) is 6.57. The van der Waals surface area contributed by atoms with Gasteiger partial charge in [0, 0.05) is 12.1 Å². The minimum absolute atomic E-state index is 0.590. The molecule has 0 spiro atoms. The fraction of sp³-hybridized carbons (Fsp3) is 0.211. The van der Waals surface area contributed by atoms with Crippen molar-refractivity contribution >= 4 is 11.6 Å². The average molecular weight is 304 g/mol. The number of anilines is 2. The first-order valence-electron chi connectivity index (χ1n) is 7.70. The molecule has 4 nitrogen and oxygen atoms in total. The Morgan fingerprint density at radius 3 is 2.35 bits per heavy atom. The van der Waals surface area contributed by atoms with Crippen molar-refractivity contribution < 1.29 is 0 Å². The van der Waals surface area contributed by atoms with Crippen molar-refractivity contribution in [2.45, 2.75) is 27.2 Å². The van der Waals surface area contributed by atoms with Crippen LogP contribution in [0.25, 0.3) is 0 Å². The number of nitrogens with zero attached hydrogens (tertiary/aromatic N) is 3. The third-order valence-electron chi connectivity index (χ3n) is 3.76. The molecule has 0 unspecified atom stereocenters. The van der Waals surface area contributed by atoms with Crippen molar-refractivity contribution in [2.75, 3.05) is 5.32 Å². The first kappa shape index (κ1) is 15.2. The molecule has 0 radical (unpaired) electrons. The number of hydrogen-bond donors (Lipinski definition) is 1. The first-order chi connectivity index (χ1) is 11.1. The Labute approximate surface area is 136 Å². The predicted octanol–water partition coefficient (Wildman–Crippen LogP) is 4.13. The van der Waals surface area contributed by atoms with Gasteiger partial charge >= 0.3 is 0 Å². The van der Waals surface area contributed by atoms with Crippen LogP contribution >= 0.6 is 0 Å². The fourth-order valence-electron chi connectivity index (χ4n) is 2.40. The van der Waals surface area contributed by atoms with E-state index in [2.05, 4.69) is 58.4 Å². The van der Waals surface area contributed by atoms with Gasteiger partial charge in [0.2, 0.25) is 5.95 Å². The Morgan fingerprint density at radius 1 is 0.826 bits per heavy atom. The molecule has 0 atom stereocenters. The van der Waals surface area contributed by atoms with Crippen LogP contribution in [0.2, 0.25) is 0 Å². The molecule has 2 aromatic carbocycles. The molecule has 116 valence electrons. The Balaban J connectivity index is 1.83. The third kappa shape index (κ3) is 3.92. The highest BCUT2D eigenvalue weighted by Gasteiger charge is 2.06. The summed E-state index contributed by atoms with van der Waals surface area (Å²) in [5.74, 6) is 2.08. The number of benzene rings is 2.